The zero-order chi connectivity index (χ0) is 28.0. The van der Waals surface area contributed by atoms with Crippen molar-refractivity contribution in [3.63, 3.8) is 0 Å². The normalized spacial score (nSPS) is 17.5. The molecule has 0 spiro atoms. The number of aliphatic carboxylic acids is 1. The largest absolute Gasteiger partial charge is 0.488 e. The summed E-state index contributed by atoms with van der Waals surface area (Å²) in [5, 5.41) is 10.5. The van der Waals surface area contributed by atoms with Crippen molar-refractivity contribution < 1.29 is 19.4 Å². The van der Waals surface area contributed by atoms with Gasteiger partial charge in [-0.25, -0.2) is 4.79 Å². The van der Waals surface area contributed by atoms with Gasteiger partial charge in [0, 0.05) is 26.4 Å². The summed E-state index contributed by atoms with van der Waals surface area (Å²) in [5.74, 6) is 0.680. The Hall–Kier alpha value is -3.02. The number of nitrogens with zero attached hydrogens (tertiary/aromatic N) is 1. The molecule has 0 aromatic heterocycles. The quantitative estimate of drug-likeness (QED) is 0.262. The fourth-order valence-corrected chi connectivity index (χ4v) is 5.51. The van der Waals surface area contributed by atoms with Crippen molar-refractivity contribution in [2.75, 3.05) is 18.0 Å². The summed E-state index contributed by atoms with van der Waals surface area (Å²) >= 11 is 0. The highest BCUT2D eigenvalue weighted by Crippen LogP contribution is 2.38. The molecule has 39 heavy (non-hydrogen) atoms. The van der Waals surface area contributed by atoms with Crippen LogP contribution in [0.2, 0.25) is 0 Å². The van der Waals surface area contributed by atoms with Crippen LogP contribution >= 0.6 is 0 Å². The molecule has 1 aliphatic carbocycles. The van der Waals surface area contributed by atoms with Crippen LogP contribution in [0, 0.1) is 0 Å². The Labute approximate surface area is 235 Å². The van der Waals surface area contributed by atoms with Crippen molar-refractivity contribution >= 4 is 17.7 Å². The number of carbonyl (C=O) groups excluding carboxylic acids is 1. The standard InChI is InChI=1S/C31H44N2O2.C2H4O2/c1-3-4-5-8-11-21-32-31(34)33-22-20-24(2)35-30-23-28(18-19-29(30)33)27-16-14-26(15-17-27)25-12-9-6-7-10-13-25;1-2(3)4/h14-19,23-25H,3-13,20-22H2,1-2H3,(H,32,34);1H3,(H,3,4). The van der Waals surface area contributed by atoms with E-state index in [1.54, 1.807) is 0 Å². The number of benzene rings is 2. The second kappa shape index (κ2) is 16.2. The Morgan fingerprint density at radius 1 is 0.923 bits per heavy atom. The average molecular weight is 537 g/mol. The number of hydrogen-bond donors (Lipinski definition) is 2. The molecule has 1 atom stereocenters. The van der Waals surface area contributed by atoms with Crippen molar-refractivity contribution in [2.24, 2.45) is 0 Å². The highest BCUT2D eigenvalue weighted by atomic mass is 16.5. The van der Waals surface area contributed by atoms with Crippen LogP contribution in [-0.4, -0.2) is 36.3 Å². The molecule has 1 fully saturated rings. The minimum absolute atomic E-state index is 0.0139. The zero-order valence-electron chi connectivity index (χ0n) is 24.2. The fourth-order valence-electron chi connectivity index (χ4n) is 5.51. The van der Waals surface area contributed by atoms with Gasteiger partial charge >= 0.3 is 6.03 Å². The number of nitrogens with one attached hydrogen (secondary N) is 1. The minimum Gasteiger partial charge on any atom is -0.488 e. The Kier molecular flexibility index (Phi) is 12.7. The Morgan fingerprint density at radius 3 is 2.23 bits per heavy atom. The summed E-state index contributed by atoms with van der Waals surface area (Å²) in [5.41, 5.74) is 4.69. The van der Waals surface area contributed by atoms with Gasteiger partial charge in [0.15, 0.2) is 0 Å². The van der Waals surface area contributed by atoms with Crippen LogP contribution in [0.25, 0.3) is 11.1 Å². The van der Waals surface area contributed by atoms with Gasteiger partial charge < -0.3 is 15.2 Å². The number of rotatable bonds is 8. The average Bonchev–Trinajstić information content (AvgIpc) is 3.29. The molecule has 6 nitrogen and oxygen atoms in total. The van der Waals surface area contributed by atoms with Crippen molar-refractivity contribution in [3.05, 3.63) is 48.0 Å². The van der Waals surface area contributed by atoms with Crippen LogP contribution in [0.3, 0.4) is 0 Å². The molecule has 2 aromatic rings. The number of unbranched alkanes of at least 4 members (excludes halogenated alkanes) is 4. The topological polar surface area (TPSA) is 78.9 Å². The van der Waals surface area contributed by atoms with Gasteiger partial charge in [0.1, 0.15) is 5.75 Å². The molecule has 1 unspecified atom stereocenters. The van der Waals surface area contributed by atoms with Crippen molar-refractivity contribution in [2.45, 2.75) is 110 Å². The predicted molar refractivity (Wildman–Crippen MR) is 160 cm³/mol. The summed E-state index contributed by atoms with van der Waals surface area (Å²) in [6.45, 7) is 6.80. The Bertz CT molecular complexity index is 1020. The number of carboxylic acid groups (broad SMARTS) is 1. The van der Waals surface area contributed by atoms with E-state index >= 15 is 0 Å². The molecule has 0 bridgehead atoms. The van der Waals surface area contributed by atoms with Gasteiger partial charge in [0.05, 0.1) is 11.8 Å². The van der Waals surface area contributed by atoms with Gasteiger partial charge in [-0.05, 0) is 60.9 Å². The first-order valence-electron chi connectivity index (χ1n) is 15.0. The third kappa shape index (κ3) is 9.90. The van der Waals surface area contributed by atoms with Crippen LogP contribution in [0.1, 0.15) is 109 Å². The number of anilines is 1. The van der Waals surface area contributed by atoms with E-state index in [-0.39, 0.29) is 12.1 Å². The number of amides is 2. The summed E-state index contributed by atoms with van der Waals surface area (Å²) in [4.78, 5) is 23.9. The third-order valence-corrected chi connectivity index (χ3v) is 7.71. The molecular formula is C33H48N2O4. The van der Waals surface area contributed by atoms with Gasteiger partial charge in [0.2, 0.25) is 0 Å². The number of hydrogen-bond acceptors (Lipinski definition) is 3. The summed E-state index contributed by atoms with van der Waals surface area (Å²) in [7, 11) is 0. The zero-order valence-corrected chi connectivity index (χ0v) is 24.2. The lowest BCUT2D eigenvalue weighted by Crippen LogP contribution is -2.41. The Balaban J connectivity index is 0.000000983. The minimum atomic E-state index is -0.833. The van der Waals surface area contributed by atoms with Crippen LogP contribution in [-0.2, 0) is 4.79 Å². The van der Waals surface area contributed by atoms with Crippen molar-refractivity contribution in [3.8, 4) is 16.9 Å². The van der Waals surface area contributed by atoms with E-state index in [2.05, 4.69) is 61.6 Å². The number of ether oxygens (including phenoxy) is 1. The lowest BCUT2D eigenvalue weighted by molar-refractivity contribution is -0.134. The van der Waals surface area contributed by atoms with Gasteiger partial charge in [-0.1, -0.05) is 88.6 Å². The molecule has 2 aliphatic rings. The molecule has 214 valence electrons. The highest BCUT2D eigenvalue weighted by molar-refractivity contribution is 5.94. The van der Waals surface area contributed by atoms with Gasteiger partial charge in [-0.3, -0.25) is 9.69 Å². The molecular weight excluding hydrogens is 488 g/mol. The first-order chi connectivity index (χ1) is 18.9. The lowest BCUT2D eigenvalue weighted by atomic mass is 9.90. The second-order valence-corrected chi connectivity index (χ2v) is 11.0. The highest BCUT2D eigenvalue weighted by Gasteiger charge is 2.25. The van der Waals surface area contributed by atoms with E-state index < -0.39 is 5.97 Å². The maximum atomic E-state index is 13.0. The van der Waals surface area contributed by atoms with E-state index in [4.69, 9.17) is 14.6 Å². The number of carboxylic acids is 1. The fraction of sp³-hybridized carbons (Fsp3) is 0.576. The summed E-state index contributed by atoms with van der Waals surface area (Å²) < 4.78 is 6.28. The van der Waals surface area contributed by atoms with E-state index in [1.807, 2.05) is 4.90 Å². The molecule has 2 N–H and O–H groups in total. The third-order valence-electron chi connectivity index (χ3n) is 7.71. The van der Waals surface area contributed by atoms with E-state index in [9.17, 15) is 4.79 Å². The van der Waals surface area contributed by atoms with Crippen molar-refractivity contribution in [1.82, 2.24) is 5.32 Å². The van der Waals surface area contributed by atoms with E-state index in [0.717, 1.165) is 43.3 Å². The van der Waals surface area contributed by atoms with Crippen molar-refractivity contribution in [1.29, 1.82) is 0 Å². The second-order valence-electron chi connectivity index (χ2n) is 11.0. The molecule has 1 heterocycles. The smallest absolute Gasteiger partial charge is 0.321 e. The van der Waals surface area contributed by atoms with Gasteiger partial charge in [-0.2, -0.15) is 0 Å². The lowest BCUT2D eigenvalue weighted by Gasteiger charge is -2.22. The SMILES string of the molecule is CC(=O)O.CCCCCCCNC(=O)N1CCC(C)Oc2cc(-c3ccc(C4CCCCCC4)cc3)ccc21. The summed E-state index contributed by atoms with van der Waals surface area (Å²) in [6, 6.07) is 15.4. The molecule has 1 saturated carbocycles. The summed E-state index contributed by atoms with van der Waals surface area (Å²) in [6.07, 6.45) is 15.0. The van der Waals surface area contributed by atoms with Gasteiger partial charge in [-0.15, -0.1) is 0 Å². The molecule has 4 rings (SSSR count). The number of urea groups is 1. The Morgan fingerprint density at radius 2 is 1.56 bits per heavy atom. The van der Waals surface area contributed by atoms with Crippen LogP contribution < -0.4 is 15.0 Å². The predicted octanol–water partition coefficient (Wildman–Crippen LogP) is 8.54. The monoisotopic (exact) mass is 536 g/mol. The molecule has 2 amide bonds. The number of fused-ring (bicyclic) bond motifs is 1. The van der Waals surface area contributed by atoms with Crippen LogP contribution in [0.15, 0.2) is 42.5 Å². The molecule has 0 radical (unpaired) electrons. The first kappa shape index (κ1) is 30.5. The number of carbonyl (C=O) groups is 2. The first-order valence-corrected chi connectivity index (χ1v) is 15.0. The van der Waals surface area contributed by atoms with E-state index in [0.29, 0.717) is 12.5 Å². The molecule has 0 saturated heterocycles. The van der Waals surface area contributed by atoms with E-state index in [1.165, 1.54) is 75.3 Å². The molecule has 1 aliphatic heterocycles. The maximum absolute atomic E-state index is 13.0. The maximum Gasteiger partial charge on any atom is 0.321 e. The van der Waals surface area contributed by atoms with Crippen LogP contribution in [0.5, 0.6) is 5.75 Å². The van der Waals surface area contributed by atoms with Crippen LogP contribution in [0.4, 0.5) is 10.5 Å². The molecule has 6 heteroatoms. The van der Waals surface area contributed by atoms with Gasteiger partial charge in [0.25, 0.3) is 5.97 Å². The molecule has 2 aromatic carbocycles.